The molecule has 33 heteroatoms. The Morgan fingerprint density at radius 3 is 1.69 bits per heavy atom. The Hall–Kier alpha value is -8.24. The van der Waals surface area contributed by atoms with Gasteiger partial charge in [-0.1, -0.05) is 73.7 Å². The van der Waals surface area contributed by atoms with Crippen LogP contribution >= 0.6 is 30.2 Å². The fourth-order valence-electron chi connectivity index (χ4n) is 10.7. The van der Waals surface area contributed by atoms with Crippen molar-refractivity contribution in [1.29, 1.82) is 0 Å². The molecular formula is C74H108IN8O23P. The van der Waals surface area contributed by atoms with E-state index in [2.05, 4.69) is 66.4 Å². The van der Waals surface area contributed by atoms with Gasteiger partial charge in [-0.25, -0.2) is 9.59 Å². The molecule has 0 fully saturated rings. The Morgan fingerprint density at radius 2 is 1.05 bits per heavy atom. The van der Waals surface area contributed by atoms with Crippen LogP contribution in [0.15, 0.2) is 79.4 Å². The van der Waals surface area contributed by atoms with Crippen molar-refractivity contribution in [2.45, 2.75) is 179 Å². The minimum Gasteiger partial charge on any atom is -0.481 e. The maximum atomic E-state index is 13.7. The number of ether oxygens (including phenoxy) is 4. The lowest BCUT2D eigenvalue weighted by atomic mass is 10.1. The number of nitrogens with one attached hydrogen (secondary N) is 7. The third kappa shape index (κ3) is 43.4. The zero-order valence-corrected chi connectivity index (χ0v) is 64.3. The Labute approximate surface area is 638 Å². The molecule has 107 heavy (non-hydrogen) atoms. The van der Waals surface area contributed by atoms with E-state index in [1.54, 1.807) is 17.9 Å². The SMILES string of the molecule is C=Cc1ccccc1N(Cc1ccccc1C)C(=O)CCC(=O)NCCOCCOCCOCCOCCC(=O)NC(CCC(=O)NCCCCCC(=O)N[C@@H](CCC(=O)N[C@H](C)CCCOP(=O)(O)CC(CCC(=O)O)C(=O)O)C(=O)O)C(=O)NC(CCCCNC(=O)CCCc1ccc(I)cc1)C(=O)O. The average Bonchev–Trinajstić information content (AvgIpc) is 0.838. The summed E-state index contributed by atoms with van der Waals surface area (Å²) in [5, 5.41) is 56.4. The highest BCUT2D eigenvalue weighted by Crippen LogP contribution is 2.45. The molecule has 0 heterocycles. The second kappa shape index (κ2) is 54.4. The van der Waals surface area contributed by atoms with Crippen LogP contribution in [0, 0.1) is 16.4 Å². The van der Waals surface area contributed by atoms with E-state index < -0.39 is 104 Å². The zero-order valence-electron chi connectivity index (χ0n) is 61.2. The molecular weight excluding hydrogens is 1530 g/mol. The van der Waals surface area contributed by atoms with Crippen molar-refractivity contribution in [3.8, 4) is 0 Å². The first-order chi connectivity index (χ1) is 51.2. The summed E-state index contributed by atoms with van der Waals surface area (Å²) in [4.78, 5) is 162. The molecule has 0 bridgehead atoms. The first kappa shape index (κ1) is 93.0. The van der Waals surface area contributed by atoms with Crippen molar-refractivity contribution >= 4 is 113 Å². The number of carbonyl (C=O) groups is 12. The van der Waals surface area contributed by atoms with Gasteiger partial charge in [-0.15, -0.1) is 0 Å². The third-order valence-corrected chi connectivity index (χ3v) is 18.9. The normalized spacial score (nSPS) is 13.0. The first-order valence-corrected chi connectivity index (χ1v) is 39.0. The van der Waals surface area contributed by atoms with Gasteiger partial charge in [0.15, 0.2) is 0 Å². The van der Waals surface area contributed by atoms with Crippen LogP contribution < -0.4 is 42.1 Å². The summed E-state index contributed by atoms with van der Waals surface area (Å²) in [6.45, 7) is 9.74. The summed E-state index contributed by atoms with van der Waals surface area (Å²) in [7, 11) is -4.38. The molecule has 0 aromatic heterocycles. The molecule has 31 nitrogen and oxygen atoms in total. The van der Waals surface area contributed by atoms with Gasteiger partial charge in [0.2, 0.25) is 47.3 Å². The van der Waals surface area contributed by atoms with Crippen LogP contribution in [-0.2, 0) is 98.5 Å². The minimum absolute atomic E-state index is 0.00112. The minimum atomic E-state index is -4.38. The number of para-hydroxylation sites is 1. The van der Waals surface area contributed by atoms with Crippen LogP contribution in [0.2, 0.25) is 0 Å². The Balaban J connectivity index is 1.36. The van der Waals surface area contributed by atoms with Gasteiger partial charge >= 0.3 is 31.5 Å². The lowest BCUT2D eigenvalue weighted by Gasteiger charge is -2.25. The quantitative estimate of drug-likeness (QED) is 0.0166. The number of hydrogen-bond acceptors (Lipinski definition) is 18. The Bertz CT molecular complexity index is 3350. The number of carbonyl (C=O) groups excluding carboxylic acids is 8. The van der Waals surface area contributed by atoms with Gasteiger partial charge in [-0.2, -0.15) is 0 Å². The monoisotopic (exact) mass is 1630 g/mol. The largest absolute Gasteiger partial charge is 0.481 e. The molecule has 0 aliphatic rings. The van der Waals surface area contributed by atoms with Gasteiger partial charge in [0.1, 0.15) is 18.1 Å². The topological polar surface area (TPSA) is 457 Å². The summed E-state index contributed by atoms with van der Waals surface area (Å²) in [5.74, 6) is -10.4. The van der Waals surface area contributed by atoms with Crippen LogP contribution in [0.1, 0.15) is 158 Å². The number of halogens is 1. The zero-order chi connectivity index (χ0) is 78.8. The molecule has 0 saturated carbocycles. The third-order valence-electron chi connectivity index (χ3n) is 16.7. The smallest absolute Gasteiger partial charge is 0.328 e. The number of benzene rings is 3. The lowest BCUT2D eigenvalue weighted by Crippen LogP contribution is -2.52. The molecule has 0 radical (unpaired) electrons. The summed E-state index contributed by atoms with van der Waals surface area (Å²) >= 11 is 2.22. The second-order valence-electron chi connectivity index (χ2n) is 25.5. The first-order valence-electron chi connectivity index (χ1n) is 36.1. The summed E-state index contributed by atoms with van der Waals surface area (Å²) in [6.07, 6.45) is 2.89. The highest BCUT2D eigenvalue weighted by Gasteiger charge is 2.32. The van der Waals surface area contributed by atoms with Gasteiger partial charge in [-0.3, -0.25) is 52.5 Å². The van der Waals surface area contributed by atoms with E-state index in [0.717, 1.165) is 32.2 Å². The molecule has 12 N–H and O–H groups in total. The molecule has 8 amide bonds. The molecule has 0 saturated heterocycles. The number of anilines is 1. The maximum Gasteiger partial charge on any atom is 0.328 e. The number of rotatable bonds is 61. The van der Waals surface area contributed by atoms with E-state index >= 15 is 0 Å². The van der Waals surface area contributed by atoms with E-state index in [1.807, 2.05) is 79.7 Å². The van der Waals surface area contributed by atoms with Crippen molar-refractivity contribution in [3.05, 3.63) is 105 Å². The fraction of sp³-hybridized carbons (Fsp3) is 0.568. The molecule has 594 valence electrons. The van der Waals surface area contributed by atoms with Gasteiger partial charge in [0.05, 0.1) is 83.8 Å². The lowest BCUT2D eigenvalue weighted by molar-refractivity contribution is -0.143. The number of hydrogen-bond donors (Lipinski definition) is 12. The highest BCUT2D eigenvalue weighted by atomic mass is 127. The number of aliphatic carboxylic acids is 4. The van der Waals surface area contributed by atoms with Crippen LogP contribution in [-0.4, -0.2) is 206 Å². The maximum absolute atomic E-state index is 13.7. The number of amides is 8. The summed E-state index contributed by atoms with van der Waals surface area (Å²) < 4.78 is 40.8. The van der Waals surface area contributed by atoms with Gasteiger partial charge in [0, 0.05) is 80.6 Å². The molecule has 6 atom stereocenters. The van der Waals surface area contributed by atoms with Gasteiger partial charge < -0.3 is 90.9 Å². The molecule has 0 aliphatic carbocycles. The van der Waals surface area contributed by atoms with Crippen LogP contribution in [0.3, 0.4) is 0 Å². The van der Waals surface area contributed by atoms with Crippen LogP contribution in [0.5, 0.6) is 0 Å². The molecule has 3 aromatic rings. The number of carboxylic acids is 4. The van der Waals surface area contributed by atoms with Crippen LogP contribution in [0.4, 0.5) is 5.69 Å². The predicted molar refractivity (Wildman–Crippen MR) is 404 cm³/mol. The molecule has 3 rings (SSSR count). The molecule has 4 unspecified atom stereocenters. The fourth-order valence-corrected chi connectivity index (χ4v) is 12.5. The van der Waals surface area contributed by atoms with E-state index in [-0.39, 0.29) is 167 Å². The van der Waals surface area contributed by atoms with Crippen molar-refractivity contribution < 1.29 is 111 Å². The standard InChI is InChI=1S/C74H108IN8O23P/c1-4-55-19-9-10-22-62(55)83(50-56-20-8-7-16-52(56)2)69(90)35-34-65(86)78-40-43-103-45-47-105-49-48-104-46-44-102-42-37-68(89)80-59(71(93)82-60(73(96)97)21-11-13-39-76-63(84)24-14-18-54-25-28-58(75)29-26-54)30-32-64(85)77-38-12-5-6-23-66(87)81-61(74(98)99)31-33-67(88)79-53(3)17-15-41-106-107(100,101)51-57(72(94)95)27-36-70(91)92/h4,7-10,16,19-20,22,25-26,28-29,53,57,59-61H,1,5-6,11-15,17-18,21,23-24,27,30-51H2,2-3H3,(H,76,84)(H,77,85)(H,78,86)(H,79,88)(H,80,89)(H,81,87)(H,82,93)(H,91,92)(H,94,95)(H,96,97)(H,98,99)(H,100,101)/t53-,57?,59?,60?,61+/m1/s1. The molecule has 0 aliphatic heterocycles. The Morgan fingerprint density at radius 1 is 0.505 bits per heavy atom. The van der Waals surface area contributed by atoms with Crippen molar-refractivity contribution in [1.82, 2.24) is 37.2 Å². The molecule has 3 aromatic carbocycles. The highest BCUT2D eigenvalue weighted by molar-refractivity contribution is 14.1. The predicted octanol–water partition coefficient (Wildman–Crippen LogP) is 6.35. The van der Waals surface area contributed by atoms with E-state index in [0.29, 0.717) is 63.7 Å². The average molecular weight is 1640 g/mol. The van der Waals surface area contributed by atoms with Crippen molar-refractivity contribution in [2.24, 2.45) is 5.92 Å². The van der Waals surface area contributed by atoms with Crippen molar-refractivity contribution in [3.63, 3.8) is 0 Å². The second-order valence-corrected chi connectivity index (χ2v) is 28.6. The number of unbranched alkanes of at least 4 members (excludes halogenated alkanes) is 3. The van der Waals surface area contributed by atoms with E-state index in [4.69, 9.17) is 28.6 Å². The number of nitrogens with zero attached hydrogens (tertiary/aromatic N) is 1. The van der Waals surface area contributed by atoms with E-state index in [1.165, 1.54) is 0 Å². The van der Waals surface area contributed by atoms with Gasteiger partial charge in [0.25, 0.3) is 0 Å². The summed E-state index contributed by atoms with van der Waals surface area (Å²) in [6, 6.07) is 18.8. The van der Waals surface area contributed by atoms with Crippen LogP contribution in [0.25, 0.3) is 6.08 Å². The summed E-state index contributed by atoms with van der Waals surface area (Å²) in [5.41, 5.74) is 4.68. The van der Waals surface area contributed by atoms with Crippen molar-refractivity contribution in [2.75, 3.05) is 90.2 Å². The van der Waals surface area contributed by atoms with E-state index in [9.17, 15) is 82.3 Å². The number of carboxylic acid groups (broad SMARTS) is 4. The molecule has 0 spiro atoms. The Kier molecular flexibility index (Phi) is 47.2. The number of aryl methyl sites for hydroxylation is 2. The van der Waals surface area contributed by atoms with Gasteiger partial charge in [-0.05, 0) is 154 Å².